The van der Waals surface area contributed by atoms with Crippen molar-refractivity contribution in [2.45, 2.75) is 19.9 Å². The zero-order chi connectivity index (χ0) is 11.7. The molecule has 0 saturated carbocycles. The van der Waals surface area contributed by atoms with Gasteiger partial charge in [0.1, 0.15) is 5.69 Å². The van der Waals surface area contributed by atoms with Crippen LogP contribution in [-0.4, -0.2) is 21.5 Å². The summed E-state index contributed by atoms with van der Waals surface area (Å²) < 4.78 is 0. The van der Waals surface area contributed by atoms with Gasteiger partial charge in [-0.05, 0) is 24.6 Å². The lowest BCUT2D eigenvalue weighted by Gasteiger charge is -2.15. The molecular formula is C13H14N4. The third-order valence-electron chi connectivity index (χ3n) is 2.95. The van der Waals surface area contributed by atoms with Crippen LogP contribution in [0.15, 0.2) is 24.5 Å². The van der Waals surface area contributed by atoms with Crippen molar-refractivity contribution in [1.82, 2.24) is 20.3 Å². The van der Waals surface area contributed by atoms with E-state index in [1.54, 1.807) is 6.20 Å². The highest BCUT2D eigenvalue weighted by Crippen LogP contribution is 2.17. The molecule has 1 N–H and O–H groups in total. The number of hydrogen-bond donors (Lipinski definition) is 1. The Bertz CT molecular complexity index is 551. The lowest BCUT2D eigenvalue weighted by Crippen LogP contribution is -2.25. The number of aromatic nitrogens is 3. The Morgan fingerprint density at radius 3 is 3.12 bits per heavy atom. The Balaban J connectivity index is 2.04. The fourth-order valence-electron chi connectivity index (χ4n) is 2.02. The molecule has 1 aliphatic heterocycles. The summed E-state index contributed by atoms with van der Waals surface area (Å²) in [6, 6.07) is 3.99. The van der Waals surface area contributed by atoms with Crippen LogP contribution in [0.4, 0.5) is 0 Å². The first-order valence-corrected chi connectivity index (χ1v) is 5.81. The Hall–Kier alpha value is -1.81. The summed E-state index contributed by atoms with van der Waals surface area (Å²) >= 11 is 0. The molecule has 2 aromatic rings. The summed E-state index contributed by atoms with van der Waals surface area (Å²) in [7, 11) is 0. The number of aryl methyl sites for hydroxylation is 1. The van der Waals surface area contributed by atoms with Crippen molar-refractivity contribution < 1.29 is 0 Å². The van der Waals surface area contributed by atoms with E-state index >= 15 is 0 Å². The molecule has 0 fully saturated rings. The zero-order valence-corrected chi connectivity index (χ0v) is 9.77. The predicted octanol–water partition coefficient (Wildman–Crippen LogP) is 1.49. The monoisotopic (exact) mass is 226 g/mol. The van der Waals surface area contributed by atoms with E-state index in [0.29, 0.717) is 0 Å². The van der Waals surface area contributed by atoms with Crippen molar-refractivity contribution in [3.05, 3.63) is 41.3 Å². The van der Waals surface area contributed by atoms with Crippen LogP contribution < -0.4 is 5.32 Å². The molecule has 1 aliphatic rings. The molecule has 0 unspecified atom stereocenters. The Kier molecular flexibility index (Phi) is 2.57. The van der Waals surface area contributed by atoms with E-state index < -0.39 is 0 Å². The molecule has 0 aromatic carbocycles. The summed E-state index contributed by atoms with van der Waals surface area (Å²) in [4.78, 5) is 13.3. The standard InChI is InChI=1S/C13H14N4/c1-9-2-5-15-12(6-9)13-16-8-10-7-14-4-3-11(10)17-13/h2,5-6,8,14H,3-4,7H2,1H3. The van der Waals surface area contributed by atoms with E-state index in [1.807, 2.05) is 25.3 Å². The van der Waals surface area contributed by atoms with E-state index in [1.165, 1.54) is 11.1 Å². The number of rotatable bonds is 1. The fourth-order valence-corrected chi connectivity index (χ4v) is 2.02. The van der Waals surface area contributed by atoms with Gasteiger partial charge in [-0.3, -0.25) is 4.98 Å². The predicted molar refractivity (Wildman–Crippen MR) is 65.4 cm³/mol. The average molecular weight is 226 g/mol. The summed E-state index contributed by atoms with van der Waals surface area (Å²) in [6.07, 6.45) is 4.68. The van der Waals surface area contributed by atoms with Gasteiger partial charge in [0.25, 0.3) is 0 Å². The summed E-state index contributed by atoms with van der Waals surface area (Å²) in [5.41, 5.74) is 4.38. The van der Waals surface area contributed by atoms with Crippen LogP contribution in [0.1, 0.15) is 16.8 Å². The first-order valence-electron chi connectivity index (χ1n) is 5.81. The molecule has 4 heteroatoms. The molecule has 0 bridgehead atoms. The second-order valence-electron chi connectivity index (χ2n) is 4.31. The van der Waals surface area contributed by atoms with Gasteiger partial charge >= 0.3 is 0 Å². The van der Waals surface area contributed by atoms with Crippen molar-refractivity contribution in [2.24, 2.45) is 0 Å². The van der Waals surface area contributed by atoms with E-state index in [0.717, 1.165) is 36.7 Å². The summed E-state index contributed by atoms with van der Waals surface area (Å²) in [5.74, 6) is 0.731. The quantitative estimate of drug-likeness (QED) is 0.800. The van der Waals surface area contributed by atoms with Crippen molar-refractivity contribution in [3.63, 3.8) is 0 Å². The van der Waals surface area contributed by atoms with Crippen molar-refractivity contribution in [1.29, 1.82) is 0 Å². The van der Waals surface area contributed by atoms with Crippen LogP contribution in [0.5, 0.6) is 0 Å². The molecule has 86 valence electrons. The highest BCUT2D eigenvalue weighted by molar-refractivity contribution is 5.50. The Labute approximate surface area is 100 Å². The van der Waals surface area contributed by atoms with Gasteiger partial charge in [0.05, 0.1) is 5.69 Å². The van der Waals surface area contributed by atoms with Gasteiger partial charge in [0, 0.05) is 37.5 Å². The lowest BCUT2D eigenvalue weighted by atomic mass is 10.1. The van der Waals surface area contributed by atoms with Gasteiger partial charge in [0.2, 0.25) is 0 Å². The van der Waals surface area contributed by atoms with Gasteiger partial charge in [-0.2, -0.15) is 0 Å². The SMILES string of the molecule is Cc1ccnc(-c2ncc3c(n2)CCNC3)c1. The second kappa shape index (κ2) is 4.22. The number of pyridine rings is 1. The van der Waals surface area contributed by atoms with Gasteiger partial charge in [0.15, 0.2) is 5.82 Å². The van der Waals surface area contributed by atoms with E-state index in [2.05, 4.69) is 20.3 Å². The minimum absolute atomic E-state index is 0.731. The third kappa shape index (κ3) is 2.03. The molecule has 17 heavy (non-hydrogen) atoms. The number of hydrogen-bond acceptors (Lipinski definition) is 4. The molecule has 0 amide bonds. The molecule has 0 spiro atoms. The molecular weight excluding hydrogens is 212 g/mol. The molecule has 4 nitrogen and oxygen atoms in total. The fraction of sp³-hybridized carbons (Fsp3) is 0.308. The van der Waals surface area contributed by atoms with Crippen LogP contribution >= 0.6 is 0 Å². The summed E-state index contributed by atoms with van der Waals surface area (Å²) in [6.45, 7) is 3.91. The third-order valence-corrected chi connectivity index (χ3v) is 2.95. The van der Waals surface area contributed by atoms with E-state index in [4.69, 9.17) is 0 Å². The van der Waals surface area contributed by atoms with Gasteiger partial charge < -0.3 is 5.32 Å². The molecule has 0 aliphatic carbocycles. The first-order chi connectivity index (χ1) is 8.33. The molecule has 0 radical (unpaired) electrons. The molecule has 2 aromatic heterocycles. The van der Waals surface area contributed by atoms with Crippen LogP contribution in [-0.2, 0) is 13.0 Å². The zero-order valence-electron chi connectivity index (χ0n) is 9.77. The number of nitrogens with one attached hydrogen (secondary N) is 1. The van der Waals surface area contributed by atoms with Crippen LogP contribution in [0.25, 0.3) is 11.5 Å². The van der Waals surface area contributed by atoms with Crippen LogP contribution in [0, 0.1) is 6.92 Å². The molecule has 0 saturated heterocycles. The highest BCUT2D eigenvalue weighted by Gasteiger charge is 2.12. The minimum atomic E-state index is 0.731. The minimum Gasteiger partial charge on any atom is -0.312 e. The Morgan fingerprint density at radius 1 is 1.29 bits per heavy atom. The maximum Gasteiger partial charge on any atom is 0.178 e. The van der Waals surface area contributed by atoms with Gasteiger partial charge in [-0.15, -0.1) is 0 Å². The molecule has 3 rings (SSSR count). The van der Waals surface area contributed by atoms with Gasteiger partial charge in [-0.1, -0.05) is 0 Å². The number of fused-ring (bicyclic) bond motifs is 1. The topological polar surface area (TPSA) is 50.7 Å². The first kappa shape index (κ1) is 10.4. The number of nitrogens with zero attached hydrogens (tertiary/aromatic N) is 3. The summed E-state index contributed by atoms with van der Waals surface area (Å²) in [5, 5.41) is 3.31. The van der Waals surface area contributed by atoms with Crippen molar-refractivity contribution in [3.8, 4) is 11.5 Å². The van der Waals surface area contributed by atoms with Crippen LogP contribution in [0.2, 0.25) is 0 Å². The van der Waals surface area contributed by atoms with Crippen molar-refractivity contribution >= 4 is 0 Å². The smallest absolute Gasteiger partial charge is 0.178 e. The van der Waals surface area contributed by atoms with Crippen LogP contribution in [0.3, 0.4) is 0 Å². The maximum atomic E-state index is 4.61. The van der Waals surface area contributed by atoms with Gasteiger partial charge in [-0.25, -0.2) is 9.97 Å². The average Bonchev–Trinajstić information content (AvgIpc) is 2.38. The van der Waals surface area contributed by atoms with E-state index in [9.17, 15) is 0 Å². The normalized spacial score (nSPS) is 14.4. The maximum absolute atomic E-state index is 4.61. The highest BCUT2D eigenvalue weighted by atomic mass is 15.0. The molecule has 3 heterocycles. The Morgan fingerprint density at radius 2 is 2.24 bits per heavy atom. The largest absolute Gasteiger partial charge is 0.312 e. The van der Waals surface area contributed by atoms with E-state index in [-0.39, 0.29) is 0 Å². The lowest BCUT2D eigenvalue weighted by molar-refractivity contribution is 0.626. The van der Waals surface area contributed by atoms with Crippen molar-refractivity contribution in [2.75, 3.05) is 6.54 Å². The second-order valence-corrected chi connectivity index (χ2v) is 4.31. The molecule has 0 atom stereocenters.